The molecule has 0 atom stereocenters. The standard InChI is InChI=1S/C8H12N2O2/c1-6-7(4-8(11)12-3)5-9-10(6)2/h5H,4H2,1-3H3. The summed E-state index contributed by atoms with van der Waals surface area (Å²) in [7, 11) is 3.23. The first-order chi connectivity index (χ1) is 5.65. The molecule has 66 valence electrons. The van der Waals surface area contributed by atoms with Crippen LogP contribution in [0.4, 0.5) is 0 Å². The van der Waals surface area contributed by atoms with Crippen molar-refractivity contribution in [2.24, 2.45) is 7.05 Å². The molecule has 0 aromatic carbocycles. The maximum absolute atomic E-state index is 10.9. The van der Waals surface area contributed by atoms with Crippen LogP contribution in [-0.4, -0.2) is 22.9 Å². The van der Waals surface area contributed by atoms with Crippen LogP contribution in [0.1, 0.15) is 11.3 Å². The van der Waals surface area contributed by atoms with Crippen LogP contribution in [0, 0.1) is 6.92 Å². The Morgan fingerprint density at radius 3 is 2.83 bits per heavy atom. The number of aromatic nitrogens is 2. The quantitative estimate of drug-likeness (QED) is 0.602. The second kappa shape index (κ2) is 3.38. The second-order valence-electron chi connectivity index (χ2n) is 2.63. The highest BCUT2D eigenvalue weighted by molar-refractivity contribution is 5.72. The first-order valence-electron chi connectivity index (χ1n) is 3.69. The van der Waals surface area contributed by atoms with Gasteiger partial charge in [-0.3, -0.25) is 9.48 Å². The molecule has 1 aromatic rings. The number of carbonyl (C=O) groups excluding carboxylic acids is 1. The molecule has 0 N–H and O–H groups in total. The summed E-state index contributed by atoms with van der Waals surface area (Å²) in [6, 6.07) is 0. The predicted molar refractivity (Wildman–Crippen MR) is 43.7 cm³/mol. The van der Waals surface area contributed by atoms with Crippen molar-refractivity contribution in [3.8, 4) is 0 Å². The number of carbonyl (C=O) groups is 1. The van der Waals surface area contributed by atoms with Crippen LogP contribution >= 0.6 is 0 Å². The number of rotatable bonds is 2. The zero-order valence-corrected chi connectivity index (χ0v) is 7.50. The Morgan fingerprint density at radius 1 is 1.75 bits per heavy atom. The van der Waals surface area contributed by atoms with Gasteiger partial charge >= 0.3 is 5.97 Å². The molecule has 0 saturated heterocycles. The minimum absolute atomic E-state index is 0.230. The fourth-order valence-corrected chi connectivity index (χ4v) is 0.945. The molecule has 0 radical (unpaired) electrons. The Bertz CT molecular complexity index is 291. The van der Waals surface area contributed by atoms with Crippen molar-refractivity contribution in [2.75, 3.05) is 7.11 Å². The molecule has 0 amide bonds. The molecular formula is C8H12N2O2. The molecule has 0 fully saturated rings. The lowest BCUT2D eigenvalue weighted by atomic mass is 10.2. The zero-order valence-electron chi connectivity index (χ0n) is 7.50. The molecule has 1 heterocycles. The predicted octanol–water partition coefficient (Wildman–Crippen LogP) is 0.444. The Hall–Kier alpha value is -1.32. The number of esters is 1. The minimum atomic E-state index is -0.230. The number of hydrogen-bond donors (Lipinski definition) is 0. The Morgan fingerprint density at radius 2 is 2.42 bits per heavy atom. The van der Waals surface area contributed by atoms with E-state index in [2.05, 4.69) is 9.84 Å². The van der Waals surface area contributed by atoms with Crippen molar-refractivity contribution in [1.29, 1.82) is 0 Å². The molecule has 4 nitrogen and oxygen atoms in total. The topological polar surface area (TPSA) is 44.1 Å². The van der Waals surface area contributed by atoms with E-state index < -0.39 is 0 Å². The largest absolute Gasteiger partial charge is 0.469 e. The summed E-state index contributed by atoms with van der Waals surface area (Å²) < 4.78 is 6.28. The van der Waals surface area contributed by atoms with E-state index in [9.17, 15) is 4.79 Å². The van der Waals surface area contributed by atoms with Gasteiger partial charge in [0.25, 0.3) is 0 Å². The summed E-state index contributed by atoms with van der Waals surface area (Å²) in [5, 5.41) is 4.01. The van der Waals surface area contributed by atoms with Gasteiger partial charge in [0.05, 0.1) is 19.7 Å². The third-order valence-electron chi connectivity index (χ3n) is 1.90. The molecule has 1 aromatic heterocycles. The van der Waals surface area contributed by atoms with Crippen LogP contribution in [0.15, 0.2) is 6.20 Å². The van der Waals surface area contributed by atoms with E-state index in [1.807, 2.05) is 14.0 Å². The third kappa shape index (κ3) is 1.64. The van der Waals surface area contributed by atoms with Gasteiger partial charge in [0, 0.05) is 18.3 Å². The summed E-state index contributed by atoms with van der Waals surface area (Å²) in [6.45, 7) is 1.92. The highest BCUT2D eigenvalue weighted by Crippen LogP contribution is 2.06. The van der Waals surface area contributed by atoms with Crippen molar-refractivity contribution in [3.63, 3.8) is 0 Å². The van der Waals surface area contributed by atoms with Gasteiger partial charge in [-0.2, -0.15) is 5.10 Å². The van der Waals surface area contributed by atoms with Crippen molar-refractivity contribution in [1.82, 2.24) is 9.78 Å². The lowest BCUT2D eigenvalue weighted by Gasteiger charge is -1.98. The van der Waals surface area contributed by atoms with E-state index in [0.717, 1.165) is 11.3 Å². The van der Waals surface area contributed by atoms with Crippen molar-refractivity contribution < 1.29 is 9.53 Å². The maximum Gasteiger partial charge on any atom is 0.310 e. The molecule has 12 heavy (non-hydrogen) atoms. The first-order valence-corrected chi connectivity index (χ1v) is 3.69. The number of nitrogens with zero attached hydrogens (tertiary/aromatic N) is 2. The van der Waals surface area contributed by atoms with Gasteiger partial charge in [0.1, 0.15) is 0 Å². The summed E-state index contributed by atoms with van der Waals surface area (Å²) in [4.78, 5) is 10.9. The Kier molecular flexibility index (Phi) is 2.47. The normalized spacial score (nSPS) is 9.92. The van der Waals surface area contributed by atoms with Crippen LogP contribution in [0.5, 0.6) is 0 Å². The number of methoxy groups -OCH3 is 1. The fourth-order valence-electron chi connectivity index (χ4n) is 0.945. The average molecular weight is 168 g/mol. The Balaban J connectivity index is 2.76. The van der Waals surface area contributed by atoms with Gasteiger partial charge in [0.15, 0.2) is 0 Å². The lowest BCUT2D eigenvalue weighted by Crippen LogP contribution is -2.05. The van der Waals surface area contributed by atoms with Crippen LogP contribution in [0.3, 0.4) is 0 Å². The number of hydrogen-bond acceptors (Lipinski definition) is 3. The number of aryl methyl sites for hydroxylation is 1. The van der Waals surface area contributed by atoms with Gasteiger partial charge in [0.2, 0.25) is 0 Å². The highest BCUT2D eigenvalue weighted by atomic mass is 16.5. The first kappa shape index (κ1) is 8.77. The summed E-state index contributed by atoms with van der Waals surface area (Å²) in [5.41, 5.74) is 1.92. The minimum Gasteiger partial charge on any atom is -0.469 e. The molecule has 0 spiro atoms. The summed E-state index contributed by atoms with van der Waals surface area (Å²) in [5.74, 6) is -0.230. The van der Waals surface area contributed by atoms with E-state index in [1.165, 1.54) is 7.11 Å². The second-order valence-corrected chi connectivity index (χ2v) is 2.63. The van der Waals surface area contributed by atoms with E-state index in [1.54, 1.807) is 10.9 Å². The average Bonchev–Trinajstić information content (AvgIpc) is 2.36. The molecule has 0 aliphatic carbocycles. The highest BCUT2D eigenvalue weighted by Gasteiger charge is 2.08. The molecule has 0 unspecified atom stereocenters. The molecule has 0 bridgehead atoms. The van der Waals surface area contributed by atoms with Gasteiger partial charge in [-0.15, -0.1) is 0 Å². The molecule has 0 aliphatic heterocycles. The monoisotopic (exact) mass is 168 g/mol. The summed E-state index contributed by atoms with van der Waals surface area (Å²) >= 11 is 0. The van der Waals surface area contributed by atoms with E-state index in [4.69, 9.17) is 0 Å². The van der Waals surface area contributed by atoms with Gasteiger partial charge in [-0.25, -0.2) is 0 Å². The van der Waals surface area contributed by atoms with Crippen LogP contribution in [-0.2, 0) is 23.0 Å². The van der Waals surface area contributed by atoms with E-state index in [-0.39, 0.29) is 5.97 Å². The fraction of sp³-hybridized carbons (Fsp3) is 0.500. The van der Waals surface area contributed by atoms with Gasteiger partial charge < -0.3 is 4.74 Å². The van der Waals surface area contributed by atoms with Crippen LogP contribution < -0.4 is 0 Å². The van der Waals surface area contributed by atoms with E-state index >= 15 is 0 Å². The van der Waals surface area contributed by atoms with Crippen molar-refractivity contribution in [2.45, 2.75) is 13.3 Å². The van der Waals surface area contributed by atoms with Crippen molar-refractivity contribution in [3.05, 3.63) is 17.5 Å². The van der Waals surface area contributed by atoms with Crippen LogP contribution in [0.2, 0.25) is 0 Å². The smallest absolute Gasteiger partial charge is 0.310 e. The molecule has 0 aliphatic rings. The molecule has 4 heteroatoms. The lowest BCUT2D eigenvalue weighted by molar-refractivity contribution is -0.139. The van der Waals surface area contributed by atoms with Gasteiger partial charge in [-0.05, 0) is 6.92 Å². The molecule has 1 rings (SSSR count). The SMILES string of the molecule is COC(=O)Cc1cnn(C)c1C. The van der Waals surface area contributed by atoms with E-state index in [0.29, 0.717) is 6.42 Å². The Labute approximate surface area is 71.1 Å². The number of ether oxygens (including phenoxy) is 1. The van der Waals surface area contributed by atoms with Crippen molar-refractivity contribution >= 4 is 5.97 Å². The molecule has 0 saturated carbocycles. The van der Waals surface area contributed by atoms with Crippen LogP contribution in [0.25, 0.3) is 0 Å². The van der Waals surface area contributed by atoms with Gasteiger partial charge in [-0.1, -0.05) is 0 Å². The third-order valence-corrected chi connectivity index (χ3v) is 1.90. The zero-order chi connectivity index (χ0) is 9.14. The molecular weight excluding hydrogens is 156 g/mol. The summed E-state index contributed by atoms with van der Waals surface area (Å²) in [6.07, 6.45) is 1.99. The maximum atomic E-state index is 10.9.